The van der Waals surface area contributed by atoms with Crippen LogP contribution in [-0.2, 0) is 10.0 Å². The molecule has 17 heavy (non-hydrogen) atoms. The highest BCUT2D eigenvalue weighted by Crippen LogP contribution is 2.25. The van der Waals surface area contributed by atoms with Gasteiger partial charge in [-0.25, -0.2) is 8.42 Å². The van der Waals surface area contributed by atoms with Crippen LogP contribution in [0.15, 0.2) is 29.2 Å². The number of phenolic OH excluding ortho intramolecular Hbond substituents is 1. The molecule has 0 aromatic heterocycles. The summed E-state index contributed by atoms with van der Waals surface area (Å²) in [4.78, 5) is 0.164. The SMILES string of the molecule is CC1CN(S(=O)(=O)c2cccc(O)c2)CCS1. The van der Waals surface area contributed by atoms with E-state index in [2.05, 4.69) is 0 Å². The average Bonchev–Trinajstić information content (AvgIpc) is 2.29. The van der Waals surface area contributed by atoms with E-state index in [9.17, 15) is 13.5 Å². The fourth-order valence-corrected chi connectivity index (χ4v) is 4.59. The molecule has 1 aliphatic heterocycles. The number of hydrogen-bond donors (Lipinski definition) is 1. The molecule has 4 nitrogen and oxygen atoms in total. The van der Waals surface area contributed by atoms with E-state index >= 15 is 0 Å². The van der Waals surface area contributed by atoms with Crippen LogP contribution in [0.25, 0.3) is 0 Å². The molecule has 6 heteroatoms. The lowest BCUT2D eigenvalue weighted by Crippen LogP contribution is -2.40. The fraction of sp³-hybridized carbons (Fsp3) is 0.455. The van der Waals surface area contributed by atoms with Gasteiger partial charge in [0, 0.05) is 24.1 Å². The number of aromatic hydroxyl groups is 1. The second kappa shape index (κ2) is 4.88. The van der Waals surface area contributed by atoms with E-state index in [1.807, 2.05) is 6.92 Å². The van der Waals surface area contributed by atoms with E-state index in [0.717, 1.165) is 5.75 Å². The van der Waals surface area contributed by atoms with Gasteiger partial charge in [0.2, 0.25) is 10.0 Å². The summed E-state index contributed by atoms with van der Waals surface area (Å²) in [6.45, 7) is 3.09. The summed E-state index contributed by atoms with van der Waals surface area (Å²) in [5.74, 6) is 0.796. The predicted molar refractivity (Wildman–Crippen MR) is 68.8 cm³/mol. The molecule has 1 unspecified atom stereocenters. The van der Waals surface area contributed by atoms with Crippen molar-refractivity contribution >= 4 is 21.8 Å². The third kappa shape index (κ3) is 2.75. The zero-order chi connectivity index (χ0) is 12.5. The Morgan fingerprint density at radius 3 is 2.88 bits per heavy atom. The molecular formula is C11H15NO3S2. The van der Waals surface area contributed by atoms with E-state index in [1.165, 1.54) is 22.5 Å². The first-order chi connectivity index (χ1) is 8.00. The van der Waals surface area contributed by atoms with Crippen LogP contribution in [0.5, 0.6) is 5.75 Å². The van der Waals surface area contributed by atoms with Gasteiger partial charge in [-0.1, -0.05) is 13.0 Å². The number of phenols is 1. The largest absolute Gasteiger partial charge is 0.508 e. The third-order valence-corrected chi connectivity index (χ3v) is 5.66. The molecule has 1 N–H and O–H groups in total. The summed E-state index contributed by atoms with van der Waals surface area (Å²) < 4.78 is 26.1. The molecule has 1 aromatic carbocycles. The Bertz CT molecular complexity index is 501. The molecular weight excluding hydrogens is 258 g/mol. The molecule has 1 saturated heterocycles. The summed E-state index contributed by atoms with van der Waals surface area (Å²) in [5, 5.41) is 9.66. The van der Waals surface area contributed by atoms with Crippen molar-refractivity contribution in [2.75, 3.05) is 18.8 Å². The topological polar surface area (TPSA) is 57.6 Å². The van der Waals surface area contributed by atoms with Crippen molar-refractivity contribution in [2.24, 2.45) is 0 Å². The van der Waals surface area contributed by atoms with Crippen molar-refractivity contribution in [1.82, 2.24) is 4.31 Å². The van der Waals surface area contributed by atoms with Crippen molar-refractivity contribution < 1.29 is 13.5 Å². The monoisotopic (exact) mass is 273 g/mol. The first kappa shape index (κ1) is 12.7. The minimum atomic E-state index is -3.46. The number of benzene rings is 1. The number of thioether (sulfide) groups is 1. The molecule has 2 rings (SSSR count). The lowest BCUT2D eigenvalue weighted by Gasteiger charge is -2.29. The Morgan fingerprint density at radius 2 is 2.24 bits per heavy atom. The Kier molecular flexibility index (Phi) is 3.65. The van der Waals surface area contributed by atoms with Gasteiger partial charge < -0.3 is 5.11 Å². The summed E-state index contributed by atoms with van der Waals surface area (Å²) in [6, 6.07) is 5.82. The highest BCUT2D eigenvalue weighted by Gasteiger charge is 2.28. The molecule has 94 valence electrons. The number of hydrogen-bond acceptors (Lipinski definition) is 4. The maximum absolute atomic E-state index is 12.3. The van der Waals surface area contributed by atoms with Gasteiger partial charge in [-0.3, -0.25) is 0 Å². The Labute approximate surface area is 106 Å². The summed E-state index contributed by atoms with van der Waals surface area (Å²) in [7, 11) is -3.46. The molecule has 1 atom stereocenters. The van der Waals surface area contributed by atoms with E-state index in [-0.39, 0.29) is 10.6 Å². The molecule has 0 spiro atoms. The van der Waals surface area contributed by atoms with Crippen molar-refractivity contribution in [2.45, 2.75) is 17.1 Å². The summed E-state index contributed by atoms with van der Waals surface area (Å²) in [6.07, 6.45) is 0. The standard InChI is InChI=1S/C11H15NO3S2/c1-9-8-12(5-6-16-9)17(14,15)11-4-2-3-10(13)7-11/h2-4,7,9,13H,5-6,8H2,1H3. The van der Waals surface area contributed by atoms with Gasteiger partial charge in [0.25, 0.3) is 0 Å². The van der Waals surface area contributed by atoms with Crippen LogP contribution in [-0.4, -0.2) is 41.9 Å². The molecule has 1 aromatic rings. The fourth-order valence-electron chi connectivity index (χ4n) is 1.80. The van der Waals surface area contributed by atoms with Crippen molar-refractivity contribution in [1.29, 1.82) is 0 Å². The Hall–Kier alpha value is -0.720. The Morgan fingerprint density at radius 1 is 1.47 bits per heavy atom. The normalized spacial score (nSPS) is 22.5. The van der Waals surface area contributed by atoms with E-state index in [4.69, 9.17) is 0 Å². The molecule has 1 fully saturated rings. The van der Waals surface area contributed by atoms with Gasteiger partial charge in [-0.2, -0.15) is 16.1 Å². The predicted octanol–water partition coefficient (Wildman–Crippen LogP) is 1.52. The molecule has 1 heterocycles. The van der Waals surface area contributed by atoms with Crippen LogP contribution in [0.4, 0.5) is 0 Å². The van der Waals surface area contributed by atoms with Gasteiger partial charge in [0.1, 0.15) is 5.75 Å². The van der Waals surface area contributed by atoms with Gasteiger partial charge in [0.05, 0.1) is 4.90 Å². The van der Waals surface area contributed by atoms with Gasteiger partial charge in [-0.05, 0) is 18.2 Å². The zero-order valence-electron chi connectivity index (χ0n) is 9.54. The van der Waals surface area contributed by atoms with Crippen molar-refractivity contribution in [3.8, 4) is 5.75 Å². The molecule has 0 aliphatic carbocycles. The van der Waals surface area contributed by atoms with Gasteiger partial charge in [-0.15, -0.1) is 0 Å². The molecule has 0 bridgehead atoms. The number of nitrogens with zero attached hydrogens (tertiary/aromatic N) is 1. The molecule has 0 saturated carbocycles. The number of rotatable bonds is 2. The maximum Gasteiger partial charge on any atom is 0.243 e. The lowest BCUT2D eigenvalue weighted by molar-refractivity contribution is 0.423. The van der Waals surface area contributed by atoms with Crippen LogP contribution < -0.4 is 0 Å². The molecule has 1 aliphatic rings. The van der Waals surface area contributed by atoms with Crippen LogP contribution in [0.3, 0.4) is 0 Å². The van der Waals surface area contributed by atoms with E-state index in [0.29, 0.717) is 18.3 Å². The van der Waals surface area contributed by atoms with Crippen LogP contribution in [0, 0.1) is 0 Å². The smallest absolute Gasteiger partial charge is 0.243 e. The minimum absolute atomic E-state index is 0.0227. The van der Waals surface area contributed by atoms with Crippen LogP contribution in [0.1, 0.15) is 6.92 Å². The highest BCUT2D eigenvalue weighted by atomic mass is 32.2. The minimum Gasteiger partial charge on any atom is -0.508 e. The average molecular weight is 273 g/mol. The summed E-state index contributed by atoms with van der Waals surface area (Å²) in [5.41, 5.74) is 0. The number of sulfonamides is 1. The van der Waals surface area contributed by atoms with E-state index < -0.39 is 10.0 Å². The Balaban J connectivity index is 2.29. The first-order valence-electron chi connectivity index (χ1n) is 5.41. The highest BCUT2D eigenvalue weighted by molar-refractivity contribution is 8.00. The van der Waals surface area contributed by atoms with Crippen molar-refractivity contribution in [3.63, 3.8) is 0 Å². The maximum atomic E-state index is 12.3. The summed E-state index contributed by atoms with van der Waals surface area (Å²) >= 11 is 1.78. The second-order valence-electron chi connectivity index (χ2n) is 4.04. The molecule has 0 radical (unpaired) electrons. The van der Waals surface area contributed by atoms with Gasteiger partial charge in [0.15, 0.2) is 0 Å². The van der Waals surface area contributed by atoms with Crippen LogP contribution in [0.2, 0.25) is 0 Å². The lowest BCUT2D eigenvalue weighted by atomic mass is 10.3. The second-order valence-corrected chi connectivity index (χ2v) is 7.53. The first-order valence-corrected chi connectivity index (χ1v) is 7.90. The van der Waals surface area contributed by atoms with Crippen LogP contribution >= 0.6 is 11.8 Å². The zero-order valence-corrected chi connectivity index (χ0v) is 11.2. The van der Waals surface area contributed by atoms with Crippen molar-refractivity contribution in [3.05, 3.63) is 24.3 Å². The quantitative estimate of drug-likeness (QED) is 0.887. The molecule has 0 amide bonds. The van der Waals surface area contributed by atoms with E-state index in [1.54, 1.807) is 17.8 Å². The third-order valence-electron chi connectivity index (χ3n) is 2.66. The van der Waals surface area contributed by atoms with Gasteiger partial charge >= 0.3 is 0 Å².